The summed E-state index contributed by atoms with van der Waals surface area (Å²) in [4.78, 5) is 24.0. The van der Waals surface area contributed by atoms with Crippen molar-refractivity contribution >= 4 is 28.5 Å². The van der Waals surface area contributed by atoms with Gasteiger partial charge in [-0.25, -0.2) is 4.98 Å². The van der Waals surface area contributed by atoms with Gasteiger partial charge in [0.2, 0.25) is 0 Å². The van der Waals surface area contributed by atoms with Gasteiger partial charge in [0.15, 0.2) is 0 Å². The molecule has 0 unspecified atom stereocenters. The fraction of sp³-hybridized carbons (Fsp3) is 0.560. The highest BCUT2D eigenvalue weighted by molar-refractivity contribution is 6.07. The maximum absolute atomic E-state index is 13.0. The van der Waals surface area contributed by atoms with Gasteiger partial charge in [0.1, 0.15) is 11.7 Å². The molecule has 4 rings (SSSR count). The van der Waals surface area contributed by atoms with Gasteiger partial charge in [-0.2, -0.15) is 4.99 Å². The Kier molecular flexibility index (Phi) is 7.57. The van der Waals surface area contributed by atoms with E-state index in [1.54, 1.807) is 14.0 Å². The van der Waals surface area contributed by atoms with Crippen molar-refractivity contribution in [3.05, 3.63) is 35.4 Å². The summed E-state index contributed by atoms with van der Waals surface area (Å²) in [5, 5.41) is 4.63. The minimum absolute atomic E-state index is 0.0457. The molecule has 2 aliphatic heterocycles. The molecule has 2 aromatic rings. The molecule has 0 spiro atoms. The summed E-state index contributed by atoms with van der Waals surface area (Å²) >= 11 is 0. The highest BCUT2D eigenvalue weighted by Gasteiger charge is 2.32. The number of carbonyl (C=O) groups excluding carboxylic acids is 1. The molecule has 178 valence electrons. The molecule has 1 aromatic heterocycles. The molecule has 0 bridgehead atoms. The molecule has 2 fully saturated rings. The third-order valence-electron chi connectivity index (χ3n) is 6.65. The lowest BCUT2D eigenvalue weighted by Crippen LogP contribution is -2.50. The Hall–Kier alpha value is -2.55. The first kappa shape index (κ1) is 23.6. The maximum atomic E-state index is 13.0. The number of nitrogens with one attached hydrogen (secondary N) is 1. The van der Waals surface area contributed by atoms with Gasteiger partial charge in [0.25, 0.3) is 5.91 Å². The Morgan fingerprint density at radius 1 is 1.30 bits per heavy atom. The average molecular weight is 454 g/mol. The van der Waals surface area contributed by atoms with Crippen LogP contribution in [-0.2, 0) is 9.47 Å². The summed E-state index contributed by atoms with van der Waals surface area (Å²) in [6.07, 6.45) is 3.12. The van der Waals surface area contributed by atoms with Crippen LogP contribution in [0, 0.1) is 12.8 Å². The van der Waals surface area contributed by atoms with Gasteiger partial charge in [-0.1, -0.05) is 11.6 Å². The third kappa shape index (κ3) is 5.69. The van der Waals surface area contributed by atoms with E-state index in [9.17, 15) is 4.79 Å². The maximum Gasteiger partial charge on any atom is 0.282 e. The Morgan fingerprint density at radius 2 is 2.09 bits per heavy atom. The van der Waals surface area contributed by atoms with Crippen molar-refractivity contribution in [3.8, 4) is 0 Å². The number of amidine groups is 1. The Labute approximate surface area is 195 Å². The number of methoxy groups -OCH3 is 1. The van der Waals surface area contributed by atoms with Crippen molar-refractivity contribution in [3.63, 3.8) is 0 Å². The molecule has 3 N–H and O–H groups in total. The predicted molar refractivity (Wildman–Crippen MR) is 131 cm³/mol. The number of fused-ring (bicyclic) bond motifs is 1. The predicted octanol–water partition coefficient (Wildman–Crippen LogP) is 2.67. The number of carbonyl (C=O) groups is 1. The third-order valence-corrected chi connectivity index (χ3v) is 6.65. The van der Waals surface area contributed by atoms with E-state index in [-0.39, 0.29) is 17.8 Å². The van der Waals surface area contributed by atoms with Crippen LogP contribution in [0.2, 0.25) is 0 Å². The number of aryl methyl sites for hydroxylation is 1. The summed E-state index contributed by atoms with van der Waals surface area (Å²) in [5.74, 6) is 0.932. The van der Waals surface area contributed by atoms with Crippen LogP contribution in [0.3, 0.4) is 0 Å². The number of anilines is 1. The summed E-state index contributed by atoms with van der Waals surface area (Å²) in [5.41, 5.74) is 8.17. The van der Waals surface area contributed by atoms with E-state index in [0.29, 0.717) is 29.9 Å². The lowest BCUT2D eigenvalue weighted by atomic mass is 9.92. The number of hydrogen-bond donors (Lipinski definition) is 2. The lowest BCUT2D eigenvalue weighted by molar-refractivity contribution is 0.0358. The van der Waals surface area contributed by atoms with E-state index in [0.717, 1.165) is 62.0 Å². The van der Waals surface area contributed by atoms with Gasteiger partial charge in [-0.15, -0.1) is 0 Å². The number of nitrogens with zero attached hydrogens (tertiary/aromatic N) is 3. The fourth-order valence-corrected chi connectivity index (χ4v) is 4.78. The normalized spacial score (nSPS) is 22.6. The number of aliphatic imine (C=N–C) groups is 1. The van der Waals surface area contributed by atoms with E-state index in [2.05, 4.69) is 15.2 Å². The number of amides is 1. The molecule has 2 atom stereocenters. The zero-order valence-corrected chi connectivity index (χ0v) is 19.8. The molecule has 0 aliphatic carbocycles. The van der Waals surface area contributed by atoms with Crippen LogP contribution in [0.1, 0.15) is 42.1 Å². The van der Waals surface area contributed by atoms with Gasteiger partial charge >= 0.3 is 0 Å². The second-order valence-electron chi connectivity index (χ2n) is 9.18. The first-order valence-electron chi connectivity index (χ1n) is 11.8. The van der Waals surface area contributed by atoms with Crippen LogP contribution in [0.4, 0.5) is 5.82 Å². The smallest absolute Gasteiger partial charge is 0.282 e. The van der Waals surface area contributed by atoms with Gasteiger partial charge in [-0.05, 0) is 51.3 Å². The number of aromatic nitrogens is 1. The molecule has 0 saturated carbocycles. The van der Waals surface area contributed by atoms with Crippen molar-refractivity contribution in [2.24, 2.45) is 16.6 Å². The molecule has 33 heavy (non-hydrogen) atoms. The molecular formula is C25H35N5O3. The molecule has 0 radical (unpaired) electrons. The largest absolute Gasteiger partial charge is 0.387 e. The van der Waals surface area contributed by atoms with Gasteiger partial charge in [0, 0.05) is 57.3 Å². The first-order valence-corrected chi connectivity index (χ1v) is 11.8. The fourth-order valence-electron chi connectivity index (χ4n) is 4.78. The average Bonchev–Trinajstić information content (AvgIpc) is 2.82. The summed E-state index contributed by atoms with van der Waals surface area (Å²) in [7, 11) is 1.76. The minimum Gasteiger partial charge on any atom is -0.387 e. The summed E-state index contributed by atoms with van der Waals surface area (Å²) in [6, 6.07) is 8.47. The highest BCUT2D eigenvalue weighted by atomic mass is 16.5. The Balaban J connectivity index is 1.56. The SMILES string of the molecule is CO[C@H]1CN(c2nc3ccc(C)cc3cc2C(=O)N=C(C)N)CC[C@H]1CNC1CCOCC1. The van der Waals surface area contributed by atoms with E-state index >= 15 is 0 Å². The highest BCUT2D eigenvalue weighted by Crippen LogP contribution is 2.30. The van der Waals surface area contributed by atoms with Crippen molar-refractivity contribution in [1.82, 2.24) is 10.3 Å². The molecule has 1 amide bonds. The van der Waals surface area contributed by atoms with Crippen molar-refractivity contribution in [1.29, 1.82) is 0 Å². The number of piperidine rings is 1. The molecule has 2 saturated heterocycles. The van der Waals surface area contributed by atoms with Gasteiger partial charge in [0.05, 0.1) is 17.2 Å². The van der Waals surface area contributed by atoms with Crippen LogP contribution in [0.5, 0.6) is 0 Å². The molecule has 3 heterocycles. The van der Waals surface area contributed by atoms with E-state index < -0.39 is 0 Å². The quantitative estimate of drug-likeness (QED) is 0.512. The van der Waals surface area contributed by atoms with Crippen LogP contribution in [-0.4, -0.2) is 68.8 Å². The number of rotatable bonds is 6. The monoisotopic (exact) mass is 453 g/mol. The molecule has 2 aliphatic rings. The Morgan fingerprint density at radius 3 is 2.82 bits per heavy atom. The summed E-state index contributed by atoms with van der Waals surface area (Å²) < 4.78 is 11.4. The number of benzene rings is 1. The topological polar surface area (TPSA) is 102 Å². The number of hydrogen-bond acceptors (Lipinski definition) is 6. The van der Waals surface area contributed by atoms with Crippen molar-refractivity contribution < 1.29 is 14.3 Å². The second-order valence-corrected chi connectivity index (χ2v) is 9.18. The first-order chi connectivity index (χ1) is 15.9. The zero-order valence-electron chi connectivity index (χ0n) is 19.8. The Bertz CT molecular complexity index is 1010. The van der Waals surface area contributed by atoms with Crippen LogP contribution < -0.4 is 16.0 Å². The minimum atomic E-state index is -0.363. The van der Waals surface area contributed by atoms with Gasteiger partial charge < -0.3 is 25.4 Å². The molecule has 8 heteroatoms. The molecule has 8 nitrogen and oxygen atoms in total. The number of pyridine rings is 1. The van der Waals surface area contributed by atoms with E-state index in [4.69, 9.17) is 20.2 Å². The lowest BCUT2D eigenvalue weighted by Gasteiger charge is -2.39. The summed E-state index contributed by atoms with van der Waals surface area (Å²) in [6.45, 7) is 7.71. The van der Waals surface area contributed by atoms with Crippen molar-refractivity contribution in [2.45, 2.75) is 45.3 Å². The van der Waals surface area contributed by atoms with E-state index in [1.807, 2.05) is 31.2 Å². The number of ether oxygens (including phenoxy) is 2. The molecular weight excluding hydrogens is 418 g/mol. The molecule has 1 aromatic carbocycles. The van der Waals surface area contributed by atoms with Crippen LogP contribution >= 0.6 is 0 Å². The standard InChI is InChI=1S/C25H35N5O3/c1-16-4-5-22-19(12-16)13-21(25(31)28-17(2)26)24(29-22)30-9-6-18(23(15-30)32-3)14-27-20-7-10-33-11-8-20/h4-5,12-13,18,20,23,27H,6-11,14-15H2,1-3H3,(H2,26,28,31)/t18-,23-/m0/s1. The van der Waals surface area contributed by atoms with E-state index in [1.165, 1.54) is 0 Å². The second kappa shape index (κ2) is 10.6. The van der Waals surface area contributed by atoms with Crippen LogP contribution in [0.25, 0.3) is 10.9 Å². The zero-order chi connectivity index (χ0) is 23.4. The van der Waals surface area contributed by atoms with Crippen molar-refractivity contribution in [2.75, 3.05) is 44.9 Å². The number of nitrogens with two attached hydrogens (primary N) is 1. The van der Waals surface area contributed by atoms with Crippen LogP contribution in [0.15, 0.2) is 29.3 Å². The van der Waals surface area contributed by atoms with Gasteiger partial charge in [-0.3, -0.25) is 4.79 Å².